The molecule has 0 spiro atoms. The van der Waals surface area contributed by atoms with Gasteiger partial charge in [0.1, 0.15) is 0 Å². The monoisotopic (exact) mass is 122 g/mol. The standard InChI is InChI=1S/C9H14/c1-2-7-3-6(1)8-4-9(7)5-8/h6-9H,1-5H2. The van der Waals surface area contributed by atoms with E-state index in [0.29, 0.717) is 0 Å². The van der Waals surface area contributed by atoms with Gasteiger partial charge in [-0.2, -0.15) is 0 Å². The van der Waals surface area contributed by atoms with Gasteiger partial charge in [-0.15, -0.1) is 0 Å². The Labute approximate surface area is 56.6 Å². The lowest BCUT2D eigenvalue weighted by Crippen LogP contribution is -2.37. The first-order valence-corrected chi connectivity index (χ1v) is 4.43. The summed E-state index contributed by atoms with van der Waals surface area (Å²) < 4.78 is 0. The summed E-state index contributed by atoms with van der Waals surface area (Å²) in [6.07, 6.45) is 8.04. The van der Waals surface area contributed by atoms with Crippen LogP contribution < -0.4 is 0 Å². The van der Waals surface area contributed by atoms with E-state index in [0.717, 1.165) is 0 Å². The van der Waals surface area contributed by atoms with Crippen LogP contribution in [0.4, 0.5) is 0 Å². The van der Waals surface area contributed by atoms with Crippen LogP contribution in [0.3, 0.4) is 0 Å². The Balaban J connectivity index is 1.95. The van der Waals surface area contributed by atoms with Gasteiger partial charge in [-0.05, 0) is 55.8 Å². The van der Waals surface area contributed by atoms with Crippen LogP contribution in [0.15, 0.2) is 0 Å². The molecule has 0 aliphatic heterocycles. The van der Waals surface area contributed by atoms with E-state index in [-0.39, 0.29) is 0 Å². The average Bonchev–Trinajstić information content (AvgIpc) is 2.06. The molecule has 0 saturated heterocycles. The molecule has 0 N–H and O–H groups in total. The lowest BCUT2D eigenvalue weighted by molar-refractivity contribution is 0.0395. The highest BCUT2D eigenvalue weighted by atomic mass is 14.5. The van der Waals surface area contributed by atoms with Crippen molar-refractivity contribution < 1.29 is 0 Å². The number of hydrogen-bond donors (Lipinski definition) is 0. The first-order chi connectivity index (χ1) is 4.43. The summed E-state index contributed by atoms with van der Waals surface area (Å²) in [5.74, 6) is 4.79. The van der Waals surface area contributed by atoms with E-state index in [9.17, 15) is 0 Å². The fourth-order valence-corrected chi connectivity index (χ4v) is 3.39. The third kappa shape index (κ3) is 0.461. The topological polar surface area (TPSA) is 0 Å². The molecule has 9 heavy (non-hydrogen) atoms. The molecule has 2 unspecified atom stereocenters. The molecule has 0 nitrogen and oxygen atoms in total. The highest BCUT2D eigenvalue weighted by Gasteiger charge is 2.48. The summed E-state index contributed by atoms with van der Waals surface area (Å²) in [6.45, 7) is 0. The summed E-state index contributed by atoms with van der Waals surface area (Å²) in [4.78, 5) is 0. The molecule has 4 aliphatic carbocycles. The Bertz CT molecular complexity index is 119. The van der Waals surface area contributed by atoms with Crippen molar-refractivity contribution in [2.75, 3.05) is 0 Å². The fourth-order valence-electron chi connectivity index (χ4n) is 3.39. The van der Waals surface area contributed by atoms with E-state index in [2.05, 4.69) is 0 Å². The summed E-state index contributed by atoms with van der Waals surface area (Å²) in [5.41, 5.74) is 0. The highest BCUT2D eigenvalue weighted by Crippen LogP contribution is 2.59. The largest absolute Gasteiger partial charge is 0.0499 e. The minimum Gasteiger partial charge on any atom is -0.0499 e. The van der Waals surface area contributed by atoms with Crippen LogP contribution in [0.1, 0.15) is 32.1 Å². The van der Waals surface area contributed by atoms with Gasteiger partial charge in [-0.25, -0.2) is 0 Å². The molecular weight excluding hydrogens is 108 g/mol. The molecule has 4 fully saturated rings. The Kier molecular flexibility index (Phi) is 0.717. The van der Waals surface area contributed by atoms with Gasteiger partial charge in [0.25, 0.3) is 0 Å². The van der Waals surface area contributed by atoms with Crippen molar-refractivity contribution in [2.45, 2.75) is 32.1 Å². The van der Waals surface area contributed by atoms with Crippen LogP contribution >= 0.6 is 0 Å². The quantitative estimate of drug-likeness (QED) is 0.463. The van der Waals surface area contributed by atoms with Crippen molar-refractivity contribution in [3.63, 3.8) is 0 Å². The van der Waals surface area contributed by atoms with E-state index in [4.69, 9.17) is 0 Å². The van der Waals surface area contributed by atoms with Gasteiger partial charge in [0.15, 0.2) is 0 Å². The first kappa shape index (κ1) is 4.76. The lowest BCUT2D eigenvalue weighted by Gasteiger charge is -2.46. The molecule has 0 aromatic carbocycles. The van der Waals surface area contributed by atoms with Crippen LogP contribution in [0.2, 0.25) is 0 Å². The van der Waals surface area contributed by atoms with Crippen LogP contribution in [0.25, 0.3) is 0 Å². The number of hydrogen-bond acceptors (Lipinski definition) is 0. The summed E-state index contributed by atoms with van der Waals surface area (Å²) in [5, 5.41) is 0. The normalized spacial score (nSPS) is 61.3. The Hall–Kier alpha value is 0. The molecule has 50 valence electrons. The first-order valence-electron chi connectivity index (χ1n) is 4.43. The smallest absolute Gasteiger partial charge is 0.0380 e. The minimum atomic E-state index is 1.19. The highest BCUT2D eigenvalue weighted by molar-refractivity contribution is 4.99. The zero-order chi connectivity index (χ0) is 5.84. The molecule has 0 aromatic heterocycles. The van der Waals surface area contributed by atoms with Crippen LogP contribution in [-0.4, -0.2) is 0 Å². The van der Waals surface area contributed by atoms with Crippen molar-refractivity contribution in [1.82, 2.24) is 0 Å². The third-order valence-electron chi connectivity index (χ3n) is 4.06. The van der Waals surface area contributed by atoms with E-state index in [1.54, 1.807) is 32.1 Å². The number of rotatable bonds is 0. The van der Waals surface area contributed by atoms with Crippen LogP contribution in [0.5, 0.6) is 0 Å². The maximum atomic E-state index is 1.62. The average molecular weight is 122 g/mol. The lowest BCUT2D eigenvalue weighted by atomic mass is 9.59. The molecular formula is C9H14. The molecule has 4 bridgehead atoms. The zero-order valence-corrected chi connectivity index (χ0v) is 5.84. The van der Waals surface area contributed by atoms with E-state index in [1.165, 1.54) is 23.7 Å². The van der Waals surface area contributed by atoms with Gasteiger partial charge in [-0.3, -0.25) is 0 Å². The Morgan fingerprint density at radius 1 is 0.556 bits per heavy atom. The predicted octanol–water partition coefficient (Wildman–Crippen LogP) is 2.44. The van der Waals surface area contributed by atoms with E-state index in [1.807, 2.05) is 0 Å². The van der Waals surface area contributed by atoms with E-state index >= 15 is 0 Å². The SMILES string of the molecule is C1CC2CC1C1CC2C1. The summed E-state index contributed by atoms with van der Waals surface area (Å²) in [6, 6.07) is 0. The van der Waals surface area contributed by atoms with Crippen molar-refractivity contribution in [1.29, 1.82) is 0 Å². The Morgan fingerprint density at radius 3 is 1.44 bits per heavy atom. The van der Waals surface area contributed by atoms with Crippen LogP contribution in [0, 0.1) is 23.7 Å². The molecule has 0 heteroatoms. The molecule has 0 amide bonds. The second kappa shape index (κ2) is 1.36. The molecule has 4 rings (SSSR count). The third-order valence-corrected chi connectivity index (χ3v) is 4.06. The van der Waals surface area contributed by atoms with Crippen molar-refractivity contribution in [3.8, 4) is 0 Å². The molecule has 4 aliphatic rings. The van der Waals surface area contributed by atoms with Crippen molar-refractivity contribution in [2.24, 2.45) is 23.7 Å². The van der Waals surface area contributed by atoms with Crippen molar-refractivity contribution >= 4 is 0 Å². The summed E-state index contributed by atoms with van der Waals surface area (Å²) in [7, 11) is 0. The molecule has 2 atom stereocenters. The fraction of sp³-hybridized carbons (Fsp3) is 1.00. The predicted molar refractivity (Wildman–Crippen MR) is 37.0 cm³/mol. The maximum absolute atomic E-state index is 1.62. The maximum Gasteiger partial charge on any atom is -0.0380 e. The van der Waals surface area contributed by atoms with Crippen LogP contribution in [-0.2, 0) is 0 Å². The van der Waals surface area contributed by atoms with Gasteiger partial charge in [-0.1, -0.05) is 0 Å². The minimum absolute atomic E-state index is 1.19. The second-order valence-electron chi connectivity index (χ2n) is 4.32. The molecule has 0 heterocycles. The van der Waals surface area contributed by atoms with Gasteiger partial charge < -0.3 is 0 Å². The second-order valence-corrected chi connectivity index (χ2v) is 4.32. The van der Waals surface area contributed by atoms with Gasteiger partial charge in [0.2, 0.25) is 0 Å². The molecule has 0 aromatic rings. The van der Waals surface area contributed by atoms with Gasteiger partial charge >= 0.3 is 0 Å². The Morgan fingerprint density at radius 2 is 1.00 bits per heavy atom. The van der Waals surface area contributed by atoms with Gasteiger partial charge in [0.05, 0.1) is 0 Å². The van der Waals surface area contributed by atoms with Gasteiger partial charge in [0, 0.05) is 0 Å². The summed E-state index contributed by atoms with van der Waals surface area (Å²) >= 11 is 0. The molecule has 4 saturated carbocycles. The molecule has 0 radical (unpaired) electrons. The zero-order valence-electron chi connectivity index (χ0n) is 5.84. The van der Waals surface area contributed by atoms with Crippen molar-refractivity contribution in [3.05, 3.63) is 0 Å². The van der Waals surface area contributed by atoms with E-state index < -0.39 is 0 Å².